The molecule has 4 rings (SSSR count). The maximum absolute atomic E-state index is 13.0. The molecule has 1 N–H and O–H groups in total. The first-order valence-corrected chi connectivity index (χ1v) is 9.42. The second-order valence-electron chi connectivity index (χ2n) is 6.30. The minimum absolute atomic E-state index is 0.0655. The highest BCUT2D eigenvalue weighted by molar-refractivity contribution is 7.16. The summed E-state index contributed by atoms with van der Waals surface area (Å²) in [6, 6.07) is 12.9. The number of hydrogen-bond acceptors (Lipinski definition) is 6. The molecule has 1 aliphatic heterocycles. The van der Waals surface area contributed by atoms with Gasteiger partial charge in [-0.25, -0.2) is 0 Å². The second-order valence-corrected chi connectivity index (χ2v) is 7.21. The Bertz CT molecular complexity index is 977. The number of anilines is 2. The Hall–Kier alpha value is -2.73. The molecule has 26 heavy (non-hydrogen) atoms. The van der Waals surface area contributed by atoms with Crippen LogP contribution in [0.15, 0.2) is 52.6 Å². The van der Waals surface area contributed by atoms with Gasteiger partial charge in [-0.2, -0.15) is 0 Å². The van der Waals surface area contributed by atoms with Crippen LogP contribution in [0.3, 0.4) is 0 Å². The number of phenolic OH excluding ortho intramolecular Hbond substituents is 1. The van der Waals surface area contributed by atoms with Crippen LogP contribution >= 0.6 is 11.3 Å². The molecule has 3 aromatic rings. The number of aromatic hydroxyl groups is 1. The third kappa shape index (κ3) is 3.08. The number of phenols is 1. The van der Waals surface area contributed by atoms with Crippen LogP contribution in [0, 0.1) is 0 Å². The fourth-order valence-corrected chi connectivity index (χ4v) is 4.23. The Balaban J connectivity index is 1.56. The molecular formula is C20H20N2O3S. The lowest BCUT2D eigenvalue weighted by Crippen LogP contribution is -2.47. The maximum atomic E-state index is 13.0. The first kappa shape index (κ1) is 16.7. The van der Waals surface area contributed by atoms with Gasteiger partial charge in [0.15, 0.2) is 0 Å². The van der Waals surface area contributed by atoms with Crippen molar-refractivity contribution in [3.05, 3.63) is 58.1 Å². The Labute approximate surface area is 155 Å². The Morgan fingerprint density at radius 1 is 1.00 bits per heavy atom. The number of benzene rings is 2. The minimum Gasteiger partial charge on any atom is -0.508 e. The Morgan fingerprint density at radius 3 is 2.38 bits per heavy atom. The highest BCUT2D eigenvalue weighted by Gasteiger charge is 2.20. The molecule has 5 nitrogen and oxygen atoms in total. The van der Waals surface area contributed by atoms with Gasteiger partial charge in [-0.3, -0.25) is 4.79 Å². The number of rotatable bonds is 3. The number of ether oxygens (including phenoxy) is 1. The van der Waals surface area contributed by atoms with E-state index in [-0.39, 0.29) is 11.2 Å². The van der Waals surface area contributed by atoms with Gasteiger partial charge in [0.25, 0.3) is 0 Å². The van der Waals surface area contributed by atoms with Crippen molar-refractivity contribution in [2.24, 2.45) is 0 Å². The van der Waals surface area contributed by atoms with Crippen LogP contribution in [0.1, 0.15) is 0 Å². The summed E-state index contributed by atoms with van der Waals surface area (Å²) in [4.78, 5) is 17.4. The van der Waals surface area contributed by atoms with Crippen LogP contribution in [0.2, 0.25) is 0 Å². The van der Waals surface area contributed by atoms with E-state index in [1.54, 1.807) is 30.6 Å². The van der Waals surface area contributed by atoms with Crippen molar-refractivity contribution < 1.29 is 9.84 Å². The van der Waals surface area contributed by atoms with Crippen molar-refractivity contribution in [1.29, 1.82) is 0 Å². The van der Waals surface area contributed by atoms with Crippen molar-refractivity contribution in [3.8, 4) is 11.5 Å². The average Bonchev–Trinajstić information content (AvgIpc) is 2.69. The van der Waals surface area contributed by atoms with Crippen molar-refractivity contribution in [3.63, 3.8) is 0 Å². The van der Waals surface area contributed by atoms with Crippen molar-refractivity contribution in [2.45, 2.75) is 0 Å². The van der Waals surface area contributed by atoms with Gasteiger partial charge in [-0.15, -0.1) is 11.3 Å². The molecule has 134 valence electrons. The molecule has 1 saturated heterocycles. The Kier molecular flexibility index (Phi) is 4.42. The van der Waals surface area contributed by atoms with Gasteiger partial charge in [-0.05, 0) is 42.5 Å². The number of piperazine rings is 1. The van der Waals surface area contributed by atoms with Crippen LogP contribution in [0.25, 0.3) is 10.1 Å². The molecule has 0 bridgehead atoms. The molecule has 0 radical (unpaired) electrons. The standard InChI is InChI=1S/C20H20N2O3S/c1-25-16-6-7-19-17(12-16)20(24)18(13-26-19)22-10-8-21(9-11-22)14-2-4-15(23)5-3-14/h2-7,12-13,23H,8-11H2,1H3. The lowest BCUT2D eigenvalue weighted by molar-refractivity contribution is 0.415. The number of methoxy groups -OCH3 is 1. The van der Waals surface area contributed by atoms with Crippen LogP contribution in [0.5, 0.6) is 11.5 Å². The zero-order valence-corrected chi connectivity index (χ0v) is 15.3. The lowest BCUT2D eigenvalue weighted by atomic mass is 10.2. The molecule has 2 heterocycles. The monoisotopic (exact) mass is 368 g/mol. The highest BCUT2D eigenvalue weighted by atomic mass is 32.1. The molecule has 0 saturated carbocycles. The van der Waals surface area contributed by atoms with E-state index in [1.165, 1.54) is 0 Å². The van der Waals surface area contributed by atoms with Gasteiger partial charge in [0.1, 0.15) is 11.5 Å². The fraction of sp³-hybridized carbons (Fsp3) is 0.250. The van der Waals surface area contributed by atoms with Gasteiger partial charge in [-0.1, -0.05) is 0 Å². The van der Waals surface area contributed by atoms with E-state index in [0.717, 1.165) is 42.3 Å². The molecule has 0 amide bonds. The van der Waals surface area contributed by atoms with Gasteiger partial charge in [0.05, 0.1) is 12.8 Å². The molecule has 0 atom stereocenters. The third-order valence-electron chi connectivity index (χ3n) is 4.80. The van der Waals surface area contributed by atoms with Gasteiger partial charge in [0.2, 0.25) is 5.43 Å². The topological polar surface area (TPSA) is 53.0 Å². The summed E-state index contributed by atoms with van der Waals surface area (Å²) in [5.41, 5.74) is 1.92. The number of hydrogen-bond donors (Lipinski definition) is 1. The van der Waals surface area contributed by atoms with E-state index in [9.17, 15) is 9.90 Å². The highest BCUT2D eigenvalue weighted by Crippen LogP contribution is 2.26. The molecular weight excluding hydrogens is 348 g/mol. The molecule has 0 aliphatic carbocycles. The molecule has 0 spiro atoms. The van der Waals surface area contributed by atoms with Crippen LogP contribution in [0.4, 0.5) is 11.4 Å². The molecule has 1 fully saturated rings. The van der Waals surface area contributed by atoms with Crippen LogP contribution in [-0.2, 0) is 0 Å². The summed E-state index contributed by atoms with van der Waals surface area (Å²) in [6.07, 6.45) is 0. The molecule has 1 aromatic heterocycles. The van der Waals surface area contributed by atoms with E-state index in [4.69, 9.17) is 4.74 Å². The zero-order chi connectivity index (χ0) is 18.1. The first-order chi connectivity index (χ1) is 12.7. The maximum Gasteiger partial charge on any atom is 0.211 e. The summed E-state index contributed by atoms with van der Waals surface area (Å²) in [5, 5.41) is 12.1. The zero-order valence-electron chi connectivity index (χ0n) is 14.5. The minimum atomic E-state index is 0.0655. The van der Waals surface area contributed by atoms with Crippen molar-refractivity contribution in [2.75, 3.05) is 43.1 Å². The normalized spacial score (nSPS) is 14.7. The van der Waals surface area contributed by atoms with Crippen molar-refractivity contribution >= 4 is 32.8 Å². The predicted molar refractivity (Wildman–Crippen MR) is 107 cm³/mol. The SMILES string of the molecule is COc1ccc2scc(N3CCN(c4ccc(O)cc4)CC3)c(=O)c2c1. The summed E-state index contributed by atoms with van der Waals surface area (Å²) in [7, 11) is 1.61. The van der Waals surface area contributed by atoms with Gasteiger partial charge < -0.3 is 19.6 Å². The number of fused-ring (bicyclic) bond motifs is 1. The van der Waals surface area contributed by atoms with Gasteiger partial charge >= 0.3 is 0 Å². The third-order valence-corrected chi connectivity index (χ3v) is 5.75. The fourth-order valence-electron chi connectivity index (χ4n) is 3.31. The van der Waals surface area contributed by atoms with Crippen LogP contribution < -0.4 is 20.0 Å². The van der Waals surface area contributed by atoms with E-state index >= 15 is 0 Å². The predicted octanol–water partition coefficient (Wildman–Crippen LogP) is 3.30. The lowest BCUT2D eigenvalue weighted by Gasteiger charge is -2.37. The molecule has 2 aromatic carbocycles. The van der Waals surface area contributed by atoms with Crippen molar-refractivity contribution in [1.82, 2.24) is 0 Å². The first-order valence-electron chi connectivity index (χ1n) is 8.54. The summed E-state index contributed by atoms with van der Waals surface area (Å²) >= 11 is 1.59. The van der Waals surface area contributed by atoms with E-state index < -0.39 is 0 Å². The molecule has 1 aliphatic rings. The van der Waals surface area contributed by atoms with Gasteiger partial charge in [0, 0.05) is 47.3 Å². The molecule has 0 unspecified atom stereocenters. The van der Waals surface area contributed by atoms with Crippen LogP contribution in [-0.4, -0.2) is 38.4 Å². The Morgan fingerprint density at radius 2 is 1.69 bits per heavy atom. The van der Waals surface area contributed by atoms with E-state index in [0.29, 0.717) is 11.1 Å². The smallest absolute Gasteiger partial charge is 0.211 e. The van der Waals surface area contributed by atoms with E-state index in [1.807, 2.05) is 35.7 Å². The second kappa shape index (κ2) is 6.88. The summed E-state index contributed by atoms with van der Waals surface area (Å²) in [6.45, 7) is 3.26. The summed E-state index contributed by atoms with van der Waals surface area (Å²) < 4.78 is 6.24. The largest absolute Gasteiger partial charge is 0.508 e. The average molecular weight is 368 g/mol. The number of nitrogens with zero attached hydrogens (tertiary/aromatic N) is 2. The quantitative estimate of drug-likeness (QED) is 0.769. The molecule has 6 heteroatoms. The summed E-state index contributed by atoms with van der Waals surface area (Å²) in [5.74, 6) is 0.979. The van der Waals surface area contributed by atoms with E-state index in [2.05, 4.69) is 9.80 Å².